The molecule has 0 spiro atoms. The first-order valence-electron chi connectivity index (χ1n) is 26.7. The zero-order valence-corrected chi connectivity index (χ0v) is 59.6. The van der Waals surface area contributed by atoms with Crippen molar-refractivity contribution in [2.24, 2.45) is 17.3 Å². The van der Waals surface area contributed by atoms with Gasteiger partial charge in [0.2, 0.25) is 0 Å². The molecule has 0 heterocycles. The third-order valence-electron chi connectivity index (χ3n) is 11.7. The molecule has 0 amide bonds. The minimum atomic E-state index is -3.43. The minimum Gasteiger partial charge on any atom is -0.332 e. The standard InChI is InChI=1S/C47H58Ge2N3O2P3Si3.C15H20NPSi/c1-58(2,3)52-57(44-36-24-14-25-37-44,45-38-26-15-27-39-45)47(49(54-60(7,8)9)51-55(40-28-16-10-17-29-40)41-30-18-11-19-31-41)56(42-32-20-12-21-33-42,43-34-22-13-23-35-43)50-46(48)53-59(4,5)6;1-18(2,3)16-17(14-10-6-4-7-11-14)15-12-8-5-9-13-15/h10-39,55H,1-9H3;4-13,17H,1-3H3/b49-47-;. The fourth-order valence-corrected chi connectivity index (χ4v) is 53.6. The first kappa shape index (κ1) is 61.6. The van der Waals surface area contributed by atoms with Crippen LogP contribution in [0, 0.1) is 0 Å². The van der Waals surface area contributed by atoms with Gasteiger partial charge in [0.25, 0.3) is 0 Å². The second-order valence-corrected chi connectivity index (χ2v) is 59.8. The van der Waals surface area contributed by atoms with Crippen molar-refractivity contribution in [3.05, 3.63) is 243 Å². The molecule has 0 N–H and O–H groups in total. The number of rotatable bonds is 18. The Kier molecular flexibility index (Phi) is 21.8. The molecule has 0 atom stereocenters. The van der Waals surface area contributed by atoms with Crippen molar-refractivity contribution in [3.8, 4) is 0 Å². The van der Waals surface area contributed by atoms with E-state index in [0.29, 0.717) is 4.66 Å². The minimum absolute atomic E-state index is 0.710. The van der Waals surface area contributed by atoms with Crippen molar-refractivity contribution in [2.75, 3.05) is 0 Å². The second kappa shape index (κ2) is 27.6. The van der Waals surface area contributed by atoms with Crippen LogP contribution >= 0.6 is 29.5 Å². The van der Waals surface area contributed by atoms with E-state index in [1.54, 1.807) is 0 Å². The van der Waals surface area contributed by atoms with Gasteiger partial charge in [-0.25, -0.2) is 0 Å². The Labute approximate surface area is 486 Å². The van der Waals surface area contributed by atoms with Gasteiger partial charge in [-0.3, -0.25) is 0 Å². The Balaban J connectivity index is 0.000000412. The molecule has 8 aromatic carbocycles. The van der Waals surface area contributed by atoms with Crippen molar-refractivity contribution in [2.45, 2.75) is 78.6 Å². The van der Waals surface area contributed by atoms with Crippen LogP contribution in [0.25, 0.3) is 0 Å². The van der Waals surface area contributed by atoms with E-state index in [1.807, 2.05) is 0 Å². The van der Waals surface area contributed by atoms with Crippen molar-refractivity contribution >= 4 is 144 Å². The zero-order valence-electron chi connectivity index (χ0n) is 47.6. The molecular weight excluding hydrogens is 1210 g/mol. The van der Waals surface area contributed by atoms with E-state index >= 15 is 0 Å². The summed E-state index contributed by atoms with van der Waals surface area (Å²) >= 11 is -1.35. The van der Waals surface area contributed by atoms with Crippen LogP contribution in [-0.2, 0) is 7.88 Å². The molecule has 0 fully saturated rings. The van der Waals surface area contributed by atoms with E-state index in [9.17, 15) is 0 Å². The summed E-state index contributed by atoms with van der Waals surface area (Å²) < 4.78 is 41.2. The number of nitrogens with zero attached hydrogens (tertiary/aromatic N) is 4. The van der Waals surface area contributed by atoms with Gasteiger partial charge >= 0.3 is 379 Å². The SMILES string of the molecule is C[Si](C)(C)N=P(/[C](=[Ge](/[N]=[PH](c1ccccc1)c1ccccc1)[O][Si](C)(C)C)P(=N[C](=[Ge])O[Si](C)(C)C)(c1ccccc1)c1ccccc1)(c1ccccc1)c1ccccc1.C[Si](C)(C)N=[PH](c1ccccc1)c1ccccc1. The molecule has 0 aliphatic heterocycles. The van der Waals surface area contributed by atoms with Crippen LogP contribution in [0.1, 0.15) is 0 Å². The molecule has 0 aliphatic carbocycles. The maximum Gasteiger partial charge on any atom is 0.170 e. The van der Waals surface area contributed by atoms with Crippen LogP contribution in [0.3, 0.4) is 0 Å². The van der Waals surface area contributed by atoms with Crippen LogP contribution in [0.15, 0.2) is 260 Å². The maximum atomic E-state index is 8.01. The van der Waals surface area contributed by atoms with E-state index < -0.39 is 77.1 Å². The van der Waals surface area contributed by atoms with E-state index in [1.165, 1.54) is 46.3 Å². The second-order valence-electron chi connectivity index (χ2n) is 22.9. The summed E-state index contributed by atoms with van der Waals surface area (Å²) in [6, 6.07) is 87.8. The predicted molar refractivity (Wildman–Crippen MR) is 366 cm³/mol. The number of hydrogen-bond acceptors (Lipinski definition) is 6. The third kappa shape index (κ3) is 17.0. The fraction of sp³-hybridized carbons (Fsp3) is 0.194. The molecule has 8 rings (SSSR count). The summed E-state index contributed by atoms with van der Waals surface area (Å²) in [6.45, 7) is 27.8. The van der Waals surface area contributed by atoms with Gasteiger partial charge < -0.3 is 4.41 Å². The van der Waals surface area contributed by atoms with E-state index in [0.717, 1.165) is 0 Å². The Hall–Kier alpha value is -4.03. The zero-order chi connectivity index (χ0) is 56.0. The average molecular weight is 1290 g/mol. The van der Waals surface area contributed by atoms with Crippen LogP contribution in [0.4, 0.5) is 0 Å². The van der Waals surface area contributed by atoms with Gasteiger partial charge in [-0.05, 0) is 10.6 Å². The molecular formula is C62H78Ge2N4O2P4Si4. The van der Waals surface area contributed by atoms with Crippen LogP contribution in [0.5, 0.6) is 0 Å². The third-order valence-corrected chi connectivity index (χ3v) is 47.9. The smallest absolute Gasteiger partial charge is 0.170 e. The van der Waals surface area contributed by atoms with Crippen molar-refractivity contribution in [3.63, 3.8) is 0 Å². The average Bonchev–Trinajstić information content (AvgIpc) is 3.41. The Morgan fingerprint density at radius 2 is 0.679 bits per heavy atom. The first-order chi connectivity index (χ1) is 37.1. The fourth-order valence-electron chi connectivity index (χ4n) is 8.89. The summed E-state index contributed by atoms with van der Waals surface area (Å²) in [6.07, 6.45) is 0. The van der Waals surface area contributed by atoms with E-state index in [2.05, 4.69) is 337 Å². The van der Waals surface area contributed by atoms with Gasteiger partial charge in [0.05, 0.1) is 0 Å². The van der Waals surface area contributed by atoms with Gasteiger partial charge in [0, 0.05) is 7.71 Å². The Morgan fingerprint density at radius 3 is 0.962 bits per heavy atom. The summed E-state index contributed by atoms with van der Waals surface area (Å²) in [7, 11) is -17.0. The summed E-state index contributed by atoms with van der Waals surface area (Å²) in [5.41, 5.74) is 0. The number of hydrogen-bond donors (Lipinski definition) is 0. The predicted octanol–water partition coefficient (Wildman–Crippen LogP) is 14.6. The topological polar surface area (TPSA) is 67.9 Å². The number of benzene rings is 8. The normalized spacial score (nSPS) is 12.6. The van der Waals surface area contributed by atoms with E-state index in [4.69, 9.17) is 25.1 Å². The van der Waals surface area contributed by atoms with Gasteiger partial charge in [-0.1, -0.05) is 80.3 Å². The van der Waals surface area contributed by atoms with Crippen LogP contribution in [-0.4, -0.2) is 72.1 Å². The van der Waals surface area contributed by atoms with Crippen molar-refractivity contribution < 1.29 is 7.88 Å². The van der Waals surface area contributed by atoms with Crippen LogP contribution < -0.4 is 42.4 Å². The molecule has 0 saturated heterocycles. The molecule has 78 heavy (non-hydrogen) atoms. The molecule has 2 radical (unpaired) electrons. The Morgan fingerprint density at radius 1 is 0.385 bits per heavy atom. The molecule has 0 aliphatic rings. The summed E-state index contributed by atoms with van der Waals surface area (Å²) in [5.74, 6) is 0. The quantitative estimate of drug-likeness (QED) is 0.0635. The van der Waals surface area contributed by atoms with Crippen molar-refractivity contribution in [1.29, 1.82) is 0 Å². The molecule has 6 nitrogen and oxygen atoms in total. The van der Waals surface area contributed by atoms with Crippen LogP contribution in [0.2, 0.25) is 78.6 Å². The Bertz CT molecular complexity index is 3280. The molecule has 16 heteroatoms. The summed E-state index contributed by atoms with van der Waals surface area (Å²) in [5, 5.41) is 10.0. The molecule has 0 aromatic heterocycles. The molecule has 0 bridgehead atoms. The van der Waals surface area contributed by atoms with Gasteiger partial charge in [0.15, 0.2) is 8.24 Å². The molecule has 402 valence electrons. The van der Waals surface area contributed by atoms with Gasteiger partial charge in [-0.2, -0.15) is 0 Å². The van der Waals surface area contributed by atoms with Crippen molar-refractivity contribution in [1.82, 2.24) is 0 Å². The maximum absolute atomic E-state index is 8.01. The largest absolute Gasteiger partial charge is 0.332 e. The first-order valence-corrected chi connectivity index (χ1v) is 50.7. The monoisotopic (exact) mass is 1290 g/mol. The van der Waals surface area contributed by atoms with E-state index in [-0.39, 0.29) is 0 Å². The van der Waals surface area contributed by atoms with Gasteiger partial charge in [0.1, 0.15) is 0 Å². The van der Waals surface area contributed by atoms with Gasteiger partial charge in [-0.15, -0.1) is 0 Å². The molecule has 8 aromatic rings. The molecule has 0 saturated carbocycles. The molecule has 0 unspecified atom stereocenters. The summed E-state index contributed by atoms with van der Waals surface area (Å²) in [4.78, 5) is 0.